The van der Waals surface area contributed by atoms with E-state index in [9.17, 15) is 8.42 Å². The Bertz CT molecular complexity index is 765. The molecule has 1 saturated heterocycles. The predicted octanol–water partition coefficient (Wildman–Crippen LogP) is 2.85. The van der Waals surface area contributed by atoms with Crippen LogP contribution >= 0.6 is 0 Å². The van der Waals surface area contributed by atoms with Crippen molar-refractivity contribution in [1.29, 1.82) is 0 Å². The Morgan fingerprint density at radius 1 is 1.09 bits per heavy atom. The average molecular weight is 332 g/mol. The number of hydrogen-bond acceptors (Lipinski definition) is 3. The monoisotopic (exact) mass is 332 g/mol. The van der Waals surface area contributed by atoms with Crippen molar-refractivity contribution < 1.29 is 8.42 Å². The van der Waals surface area contributed by atoms with Gasteiger partial charge in [0.05, 0.1) is 4.90 Å². The zero-order valence-corrected chi connectivity index (χ0v) is 14.3. The van der Waals surface area contributed by atoms with Crippen molar-refractivity contribution in [2.45, 2.75) is 24.7 Å². The first-order valence-corrected chi connectivity index (χ1v) is 9.74. The maximum absolute atomic E-state index is 12.4. The minimum atomic E-state index is -3.44. The van der Waals surface area contributed by atoms with Crippen LogP contribution in [-0.2, 0) is 10.0 Å². The molecule has 0 radical (unpaired) electrons. The molecule has 0 amide bonds. The third-order valence-corrected chi connectivity index (χ3v) is 6.09. The van der Waals surface area contributed by atoms with Crippen LogP contribution in [0.3, 0.4) is 0 Å². The third-order valence-electron chi connectivity index (χ3n) is 4.63. The molecule has 1 N–H and O–H groups in total. The number of fused-ring (bicyclic) bond motifs is 1. The summed E-state index contributed by atoms with van der Waals surface area (Å²) >= 11 is 0. The summed E-state index contributed by atoms with van der Waals surface area (Å²) in [5, 5.41) is 1.99. The van der Waals surface area contributed by atoms with Crippen molar-refractivity contribution in [2.75, 3.05) is 26.2 Å². The first kappa shape index (κ1) is 16.4. The molecule has 0 atom stereocenters. The van der Waals surface area contributed by atoms with E-state index in [1.165, 1.54) is 12.8 Å². The van der Waals surface area contributed by atoms with Gasteiger partial charge < -0.3 is 4.90 Å². The fraction of sp³-hybridized carbons (Fsp3) is 0.444. The lowest BCUT2D eigenvalue weighted by Gasteiger charge is -2.30. The van der Waals surface area contributed by atoms with Gasteiger partial charge in [0.1, 0.15) is 0 Å². The van der Waals surface area contributed by atoms with Gasteiger partial charge in [-0.1, -0.05) is 37.3 Å². The van der Waals surface area contributed by atoms with Crippen LogP contribution in [0.4, 0.5) is 0 Å². The van der Waals surface area contributed by atoms with E-state index in [0.29, 0.717) is 11.4 Å². The zero-order chi connectivity index (χ0) is 16.3. The van der Waals surface area contributed by atoms with Gasteiger partial charge in [-0.15, -0.1) is 0 Å². The molecule has 5 heteroatoms. The summed E-state index contributed by atoms with van der Waals surface area (Å²) in [5.74, 6) is 0.792. The van der Waals surface area contributed by atoms with E-state index in [0.717, 1.165) is 36.3 Å². The molecule has 0 aromatic heterocycles. The van der Waals surface area contributed by atoms with Gasteiger partial charge in [-0.25, -0.2) is 13.1 Å². The quantitative estimate of drug-likeness (QED) is 0.916. The lowest BCUT2D eigenvalue weighted by atomic mass is 9.99. The number of benzene rings is 2. The van der Waals surface area contributed by atoms with Crippen molar-refractivity contribution in [3.63, 3.8) is 0 Å². The van der Waals surface area contributed by atoms with Gasteiger partial charge in [-0.2, -0.15) is 0 Å². The largest absolute Gasteiger partial charge is 0.302 e. The van der Waals surface area contributed by atoms with Crippen LogP contribution in [0, 0.1) is 5.92 Å². The highest BCUT2D eigenvalue weighted by Gasteiger charge is 2.17. The van der Waals surface area contributed by atoms with E-state index in [2.05, 4.69) is 16.5 Å². The second-order valence-electron chi connectivity index (χ2n) is 6.43. The number of hydrogen-bond donors (Lipinski definition) is 1. The molecule has 0 spiro atoms. The smallest absolute Gasteiger partial charge is 0.240 e. The molecule has 1 heterocycles. The van der Waals surface area contributed by atoms with E-state index >= 15 is 0 Å². The first-order valence-electron chi connectivity index (χ1n) is 8.25. The van der Waals surface area contributed by atoms with Gasteiger partial charge >= 0.3 is 0 Å². The van der Waals surface area contributed by atoms with Crippen LogP contribution in [0.15, 0.2) is 47.4 Å². The second kappa shape index (κ2) is 6.99. The molecule has 1 aliphatic rings. The molecule has 124 valence electrons. The van der Waals surface area contributed by atoms with Crippen molar-refractivity contribution in [1.82, 2.24) is 9.62 Å². The Kier molecular flexibility index (Phi) is 4.99. The first-order chi connectivity index (χ1) is 11.0. The molecule has 4 nitrogen and oxygen atoms in total. The number of likely N-dealkylation sites (tertiary alicyclic amines) is 1. The second-order valence-corrected chi connectivity index (χ2v) is 8.20. The molecule has 0 unspecified atom stereocenters. The van der Waals surface area contributed by atoms with Gasteiger partial charge in [-0.3, -0.25) is 0 Å². The normalized spacial score (nSPS) is 17.6. The Labute approximate surface area is 138 Å². The van der Waals surface area contributed by atoms with Gasteiger partial charge in [-0.05, 0) is 54.8 Å². The number of nitrogens with one attached hydrogen (secondary N) is 1. The van der Waals surface area contributed by atoms with E-state index < -0.39 is 10.0 Å². The summed E-state index contributed by atoms with van der Waals surface area (Å²) in [5.41, 5.74) is 0. The molecule has 2 aromatic rings. The SMILES string of the molecule is CC1CCN(CCNS(=O)(=O)c2ccc3ccccc3c2)CC1. The molecule has 1 aliphatic heterocycles. The predicted molar refractivity (Wildman–Crippen MR) is 94.0 cm³/mol. The maximum Gasteiger partial charge on any atom is 0.240 e. The molecule has 2 aromatic carbocycles. The van der Waals surface area contributed by atoms with Gasteiger partial charge in [0.25, 0.3) is 0 Å². The Hall–Kier alpha value is -1.43. The van der Waals surface area contributed by atoms with E-state index in [-0.39, 0.29) is 0 Å². The molecule has 0 aliphatic carbocycles. The Balaban J connectivity index is 1.61. The van der Waals surface area contributed by atoms with Gasteiger partial charge in [0.2, 0.25) is 10.0 Å². The highest BCUT2D eigenvalue weighted by atomic mass is 32.2. The number of nitrogens with zero attached hydrogens (tertiary/aromatic N) is 1. The zero-order valence-electron chi connectivity index (χ0n) is 13.5. The minimum Gasteiger partial charge on any atom is -0.302 e. The third kappa shape index (κ3) is 4.10. The van der Waals surface area contributed by atoms with Crippen LogP contribution in [0.5, 0.6) is 0 Å². The van der Waals surface area contributed by atoms with E-state index in [1.807, 2.05) is 30.3 Å². The number of sulfonamides is 1. The fourth-order valence-electron chi connectivity index (χ4n) is 3.04. The van der Waals surface area contributed by atoms with Crippen molar-refractivity contribution in [3.8, 4) is 0 Å². The highest BCUT2D eigenvalue weighted by Crippen LogP contribution is 2.19. The van der Waals surface area contributed by atoms with Crippen molar-refractivity contribution >= 4 is 20.8 Å². The fourth-order valence-corrected chi connectivity index (χ4v) is 4.10. The van der Waals surface area contributed by atoms with Crippen LogP contribution in [0.1, 0.15) is 19.8 Å². The maximum atomic E-state index is 12.4. The summed E-state index contributed by atoms with van der Waals surface area (Å²) in [6.07, 6.45) is 2.41. The molecular weight excluding hydrogens is 308 g/mol. The lowest BCUT2D eigenvalue weighted by Crippen LogP contribution is -2.39. The van der Waals surface area contributed by atoms with Gasteiger partial charge in [0.15, 0.2) is 0 Å². The van der Waals surface area contributed by atoms with Gasteiger partial charge in [0, 0.05) is 13.1 Å². The Morgan fingerprint density at radius 3 is 2.52 bits per heavy atom. The van der Waals surface area contributed by atoms with Crippen LogP contribution < -0.4 is 4.72 Å². The van der Waals surface area contributed by atoms with Crippen molar-refractivity contribution in [3.05, 3.63) is 42.5 Å². The summed E-state index contributed by atoms with van der Waals surface area (Å²) < 4.78 is 27.6. The molecule has 23 heavy (non-hydrogen) atoms. The highest BCUT2D eigenvalue weighted by molar-refractivity contribution is 7.89. The molecule has 1 fully saturated rings. The summed E-state index contributed by atoms with van der Waals surface area (Å²) in [6.45, 7) is 5.65. The van der Waals surface area contributed by atoms with Crippen LogP contribution in [0.2, 0.25) is 0 Å². The van der Waals surface area contributed by atoms with Crippen molar-refractivity contribution in [2.24, 2.45) is 5.92 Å². The van der Waals surface area contributed by atoms with Crippen LogP contribution in [-0.4, -0.2) is 39.5 Å². The summed E-state index contributed by atoms with van der Waals surface area (Å²) in [7, 11) is -3.44. The topological polar surface area (TPSA) is 49.4 Å². The van der Waals surface area contributed by atoms with Crippen LogP contribution in [0.25, 0.3) is 10.8 Å². The molecule has 0 saturated carbocycles. The summed E-state index contributed by atoms with van der Waals surface area (Å²) in [4.78, 5) is 2.67. The molecular formula is C18H24N2O2S. The number of rotatable bonds is 5. The molecule has 0 bridgehead atoms. The summed E-state index contributed by atoms with van der Waals surface area (Å²) in [6, 6.07) is 13.1. The minimum absolute atomic E-state index is 0.337. The number of piperidine rings is 1. The Morgan fingerprint density at radius 2 is 1.78 bits per heavy atom. The van der Waals surface area contributed by atoms with E-state index in [4.69, 9.17) is 0 Å². The average Bonchev–Trinajstić information content (AvgIpc) is 2.56. The lowest BCUT2D eigenvalue weighted by molar-refractivity contribution is 0.195. The van der Waals surface area contributed by atoms with E-state index in [1.54, 1.807) is 12.1 Å². The molecule has 3 rings (SSSR count). The standard InChI is InChI=1S/C18H24N2O2S/c1-15-8-11-20(12-9-15)13-10-19-23(21,22)18-7-6-16-4-2-3-5-17(16)14-18/h2-7,14-15,19H,8-13H2,1H3.